The smallest absolute Gasteiger partial charge is 0.336 e. The predicted molar refractivity (Wildman–Crippen MR) is 260 cm³/mol. The van der Waals surface area contributed by atoms with Gasteiger partial charge in [-0.25, -0.2) is 9.59 Å². The van der Waals surface area contributed by atoms with E-state index in [-0.39, 0.29) is 11.1 Å². The number of hydrogen-bond donors (Lipinski definition) is 17. The number of carbonyl (C=O) groups excluding carboxylic acids is 2. The standard InChI is InChI=1S/C50H74O29/c1-20(11-7-13-22(3)44(68)78-49-42(67)37(62)32(57)27(75-49)18-70-46-39(64)34(59)29(54)24(15-51)72-46)9-5-6-10-21(2)12-8-14-23(4)45(69)79-50-43(77-48-41(66)36(61)31(56)26(17-53)74-48)38(63)33(58)28(76-50)19-71-47-40(65)35(60)30(55)25(16-52)73-47/h5-14,24-43,46-67H,15-19H2,1-4H3. The van der Waals surface area contributed by atoms with Crippen LogP contribution in [0.3, 0.4) is 0 Å². The number of esters is 2. The van der Waals surface area contributed by atoms with Gasteiger partial charge in [-0.05, 0) is 27.7 Å². The highest BCUT2D eigenvalue weighted by atomic mass is 16.8. The minimum absolute atomic E-state index is 0.0299. The largest absolute Gasteiger partial charge is 0.429 e. The van der Waals surface area contributed by atoms with Gasteiger partial charge in [0.2, 0.25) is 12.6 Å². The van der Waals surface area contributed by atoms with E-state index in [0.29, 0.717) is 5.57 Å². The summed E-state index contributed by atoms with van der Waals surface area (Å²) < 4.78 is 54.6. The first kappa shape index (κ1) is 65.9. The number of aliphatic hydroxyl groups is 17. The average Bonchev–Trinajstić information content (AvgIpc) is 3.53. The zero-order valence-electron chi connectivity index (χ0n) is 43.2. The van der Waals surface area contributed by atoms with Gasteiger partial charge in [0.1, 0.15) is 116 Å². The molecule has 25 unspecified atom stereocenters. The number of rotatable bonds is 21. The summed E-state index contributed by atoms with van der Waals surface area (Å²) in [7, 11) is 0. The fourth-order valence-electron chi connectivity index (χ4n) is 8.31. The minimum atomic E-state index is -2.03. The SMILES string of the molecule is CC(C=CC=C(C)C(=O)OC1OC(COC2OC(CO)C(O)C(O)C2O)C(O)C(O)C1O)=CC=CC=C(C)C=CC=C(C)C(=O)OC1OC(COC2OC(CO)C(O)C(O)C2O)C(O)C(O)C1OC1OC(CO)C(O)C(O)C1O. The van der Waals surface area contributed by atoms with Crippen LogP contribution < -0.4 is 0 Å². The van der Waals surface area contributed by atoms with Crippen LogP contribution >= 0.6 is 0 Å². The Hall–Kier alpha value is -3.88. The van der Waals surface area contributed by atoms with E-state index >= 15 is 0 Å². The first-order chi connectivity index (χ1) is 37.3. The lowest BCUT2D eigenvalue weighted by Gasteiger charge is -2.46. The Labute approximate surface area is 452 Å². The van der Waals surface area contributed by atoms with Crippen molar-refractivity contribution in [3.63, 3.8) is 0 Å². The lowest BCUT2D eigenvalue weighted by molar-refractivity contribution is -0.367. The lowest BCUT2D eigenvalue weighted by atomic mass is 9.97. The maximum absolute atomic E-state index is 13.4. The third-order valence-corrected chi connectivity index (χ3v) is 13.3. The van der Waals surface area contributed by atoms with Crippen LogP contribution in [0.15, 0.2) is 83.1 Å². The van der Waals surface area contributed by atoms with Crippen LogP contribution in [0.4, 0.5) is 0 Å². The third kappa shape index (κ3) is 16.9. The van der Waals surface area contributed by atoms with Gasteiger partial charge in [-0.1, -0.05) is 71.9 Å². The van der Waals surface area contributed by atoms with Crippen molar-refractivity contribution >= 4 is 11.9 Å². The number of carbonyl (C=O) groups is 2. The van der Waals surface area contributed by atoms with Crippen LogP contribution in [-0.2, 0) is 57.0 Å². The molecule has 448 valence electrons. The van der Waals surface area contributed by atoms with Crippen LogP contribution in [0.25, 0.3) is 0 Å². The van der Waals surface area contributed by atoms with Crippen molar-refractivity contribution in [2.75, 3.05) is 33.0 Å². The summed E-state index contributed by atoms with van der Waals surface area (Å²) in [5.41, 5.74) is 1.45. The molecule has 0 aromatic carbocycles. The van der Waals surface area contributed by atoms with Gasteiger partial charge in [0.15, 0.2) is 25.0 Å². The Morgan fingerprint density at radius 1 is 0.367 bits per heavy atom. The Morgan fingerprint density at radius 2 is 0.684 bits per heavy atom. The molecule has 5 aliphatic heterocycles. The molecule has 0 aliphatic carbocycles. The first-order valence-corrected chi connectivity index (χ1v) is 25.0. The maximum Gasteiger partial charge on any atom is 0.336 e. The summed E-state index contributed by atoms with van der Waals surface area (Å²) in [6.07, 6.45) is -27.6. The Balaban J connectivity index is 1.15. The molecule has 5 saturated heterocycles. The molecule has 5 heterocycles. The van der Waals surface area contributed by atoms with Crippen LogP contribution in [0.5, 0.6) is 0 Å². The molecule has 17 N–H and O–H groups in total. The van der Waals surface area contributed by atoms with E-state index in [1.54, 1.807) is 50.3 Å². The lowest BCUT2D eigenvalue weighted by Crippen LogP contribution is -2.65. The molecule has 0 saturated carbocycles. The summed E-state index contributed by atoms with van der Waals surface area (Å²) in [6.45, 7) is 2.61. The molecule has 0 radical (unpaired) electrons. The molecule has 5 rings (SSSR count). The van der Waals surface area contributed by atoms with Crippen molar-refractivity contribution in [3.8, 4) is 0 Å². The molecule has 5 fully saturated rings. The van der Waals surface area contributed by atoms with Gasteiger partial charge in [-0.2, -0.15) is 0 Å². The second-order valence-corrected chi connectivity index (χ2v) is 19.3. The summed E-state index contributed by atoms with van der Waals surface area (Å²) in [5.74, 6) is -2.00. The minimum Gasteiger partial charge on any atom is -0.429 e. The Bertz CT molecular complexity index is 2170. The molecular formula is C50H74O29. The van der Waals surface area contributed by atoms with Crippen molar-refractivity contribution < 1.29 is 144 Å². The molecule has 29 heteroatoms. The monoisotopic (exact) mass is 1140 g/mol. The van der Waals surface area contributed by atoms with E-state index in [1.807, 2.05) is 0 Å². The highest BCUT2D eigenvalue weighted by Gasteiger charge is 2.53. The molecule has 0 amide bonds. The van der Waals surface area contributed by atoms with Gasteiger partial charge >= 0.3 is 11.9 Å². The van der Waals surface area contributed by atoms with E-state index in [2.05, 4.69) is 0 Å². The van der Waals surface area contributed by atoms with Gasteiger partial charge in [0.05, 0.1) is 33.0 Å². The highest BCUT2D eigenvalue weighted by Crippen LogP contribution is 2.32. The van der Waals surface area contributed by atoms with Gasteiger partial charge in [0.25, 0.3) is 0 Å². The van der Waals surface area contributed by atoms with Gasteiger partial charge < -0.3 is 134 Å². The van der Waals surface area contributed by atoms with Crippen LogP contribution in [0.2, 0.25) is 0 Å². The van der Waals surface area contributed by atoms with Crippen molar-refractivity contribution in [2.45, 2.75) is 181 Å². The average molecular weight is 1140 g/mol. The molecule has 25 atom stereocenters. The van der Waals surface area contributed by atoms with E-state index < -0.39 is 199 Å². The van der Waals surface area contributed by atoms with Crippen molar-refractivity contribution in [3.05, 3.63) is 83.1 Å². The molecule has 0 aromatic rings. The summed E-state index contributed by atoms with van der Waals surface area (Å²) in [6, 6.07) is 0. The number of aliphatic hydroxyl groups excluding tert-OH is 17. The topological polar surface area (TPSA) is 470 Å². The third-order valence-electron chi connectivity index (χ3n) is 13.3. The molecule has 29 nitrogen and oxygen atoms in total. The molecule has 0 aromatic heterocycles. The van der Waals surface area contributed by atoms with E-state index in [9.17, 15) is 96.4 Å². The molecule has 79 heavy (non-hydrogen) atoms. The van der Waals surface area contributed by atoms with Gasteiger partial charge in [0, 0.05) is 11.1 Å². The van der Waals surface area contributed by atoms with Crippen molar-refractivity contribution in [2.24, 2.45) is 0 Å². The quantitative estimate of drug-likeness (QED) is 0.0288. The van der Waals surface area contributed by atoms with Crippen LogP contribution in [-0.4, -0.2) is 285 Å². The Kier molecular flexibility index (Phi) is 25.4. The fourth-order valence-corrected chi connectivity index (χ4v) is 8.31. The fraction of sp³-hybridized carbons (Fsp3) is 0.680. The molecular weight excluding hydrogens is 1060 g/mol. The van der Waals surface area contributed by atoms with E-state index in [1.165, 1.54) is 38.2 Å². The second kappa shape index (κ2) is 30.4. The number of ether oxygens (including phenoxy) is 10. The predicted octanol–water partition coefficient (Wildman–Crippen LogP) is -7.40. The first-order valence-electron chi connectivity index (χ1n) is 25.0. The summed E-state index contributed by atoms with van der Waals surface area (Å²) in [4.78, 5) is 26.3. The van der Waals surface area contributed by atoms with E-state index in [4.69, 9.17) is 47.4 Å². The van der Waals surface area contributed by atoms with Gasteiger partial charge in [-0.3, -0.25) is 0 Å². The van der Waals surface area contributed by atoms with Crippen molar-refractivity contribution in [1.82, 2.24) is 0 Å². The van der Waals surface area contributed by atoms with E-state index in [0.717, 1.165) is 5.57 Å². The summed E-state index contributed by atoms with van der Waals surface area (Å²) >= 11 is 0. The number of allylic oxidation sites excluding steroid dienone is 12. The Morgan fingerprint density at radius 3 is 1.09 bits per heavy atom. The maximum atomic E-state index is 13.4. The molecule has 0 spiro atoms. The number of hydrogen-bond acceptors (Lipinski definition) is 29. The zero-order chi connectivity index (χ0) is 58.6. The normalized spacial score (nSPS) is 42.3. The molecule has 0 bridgehead atoms. The van der Waals surface area contributed by atoms with Crippen molar-refractivity contribution in [1.29, 1.82) is 0 Å². The van der Waals surface area contributed by atoms with Crippen LogP contribution in [0, 0.1) is 0 Å². The second-order valence-electron chi connectivity index (χ2n) is 19.3. The highest BCUT2D eigenvalue weighted by molar-refractivity contribution is 5.88. The van der Waals surface area contributed by atoms with Gasteiger partial charge in [-0.15, -0.1) is 0 Å². The van der Waals surface area contributed by atoms with Crippen LogP contribution in [0.1, 0.15) is 27.7 Å². The zero-order valence-corrected chi connectivity index (χ0v) is 43.2. The molecule has 5 aliphatic rings. The summed E-state index contributed by atoms with van der Waals surface area (Å²) in [5, 5.41) is 174.